The molecule has 0 N–H and O–H groups in total. The van der Waals surface area contributed by atoms with Crippen LogP contribution in [-0.4, -0.2) is 38.3 Å². The van der Waals surface area contributed by atoms with Crippen molar-refractivity contribution in [3.8, 4) is 5.75 Å². The summed E-state index contributed by atoms with van der Waals surface area (Å²) in [6.07, 6.45) is 3.20. The van der Waals surface area contributed by atoms with Crippen LogP contribution >= 0.6 is 0 Å². The molecule has 9 heteroatoms. The first kappa shape index (κ1) is 21.6. The number of carbonyl (C=O) groups is 2. The third-order valence-corrected chi connectivity index (χ3v) is 5.79. The minimum atomic E-state index is -0.395. The fraction of sp³-hybridized carbons (Fsp3) is 0.240. The maximum Gasteiger partial charge on any atom is 0.336 e. The van der Waals surface area contributed by atoms with E-state index in [9.17, 15) is 14.4 Å². The van der Waals surface area contributed by atoms with Crippen LogP contribution in [0, 0.1) is 6.92 Å². The van der Waals surface area contributed by atoms with Crippen molar-refractivity contribution in [1.82, 2.24) is 19.9 Å². The average Bonchev–Trinajstić information content (AvgIpc) is 3.38. The van der Waals surface area contributed by atoms with Crippen LogP contribution in [0.3, 0.4) is 0 Å². The number of aromatic nitrogens is 3. The van der Waals surface area contributed by atoms with Crippen molar-refractivity contribution in [2.24, 2.45) is 0 Å². The number of carbonyl (C=O) groups excluding carboxylic acids is 2. The molecule has 2 aromatic heterocycles. The van der Waals surface area contributed by atoms with E-state index in [2.05, 4.69) is 10.3 Å². The van der Waals surface area contributed by atoms with E-state index in [1.807, 2.05) is 19.1 Å². The number of rotatable bonds is 8. The number of ether oxygens (including phenoxy) is 1. The first-order valence-electron chi connectivity index (χ1n) is 11.0. The fourth-order valence-corrected chi connectivity index (χ4v) is 4.05. The Balaban J connectivity index is 1.11. The number of imide groups is 1. The van der Waals surface area contributed by atoms with Crippen LogP contribution in [0.2, 0.25) is 0 Å². The second-order valence-electron chi connectivity index (χ2n) is 8.18. The number of hydrogen-bond acceptors (Lipinski definition) is 7. The highest BCUT2D eigenvalue weighted by atomic mass is 16.5. The van der Waals surface area contributed by atoms with Gasteiger partial charge >= 0.3 is 5.63 Å². The molecule has 0 fully saturated rings. The number of amides is 2. The minimum absolute atomic E-state index is 0.219. The van der Waals surface area contributed by atoms with Crippen LogP contribution in [0.15, 0.2) is 63.9 Å². The predicted molar refractivity (Wildman–Crippen MR) is 123 cm³/mol. The summed E-state index contributed by atoms with van der Waals surface area (Å²) in [7, 11) is 0. The number of fused-ring (bicyclic) bond motifs is 2. The quantitative estimate of drug-likeness (QED) is 0.226. The highest BCUT2D eigenvalue weighted by Crippen LogP contribution is 2.24. The smallest absolute Gasteiger partial charge is 0.336 e. The monoisotopic (exact) mass is 458 g/mol. The van der Waals surface area contributed by atoms with Gasteiger partial charge in [-0.05, 0) is 49.6 Å². The SMILES string of the molecule is Cc1cc(=O)oc2cc(OCc3cn(CCCCN4C(=O)c5ccccc5C4=O)nn3)ccc12. The summed E-state index contributed by atoms with van der Waals surface area (Å²) in [6, 6.07) is 13.7. The highest BCUT2D eigenvalue weighted by Gasteiger charge is 2.34. The zero-order valence-electron chi connectivity index (χ0n) is 18.6. The second kappa shape index (κ2) is 8.93. The lowest BCUT2D eigenvalue weighted by molar-refractivity contribution is 0.0651. The van der Waals surface area contributed by atoms with Gasteiger partial charge in [-0.25, -0.2) is 4.79 Å². The highest BCUT2D eigenvalue weighted by molar-refractivity contribution is 6.21. The Morgan fingerprint density at radius 2 is 1.68 bits per heavy atom. The molecule has 34 heavy (non-hydrogen) atoms. The van der Waals surface area contributed by atoms with Crippen molar-refractivity contribution in [2.75, 3.05) is 6.54 Å². The third-order valence-electron chi connectivity index (χ3n) is 5.79. The van der Waals surface area contributed by atoms with Crippen LogP contribution in [0.1, 0.15) is 44.8 Å². The molecule has 9 nitrogen and oxygen atoms in total. The number of aryl methyl sites for hydroxylation is 2. The molecule has 2 aromatic carbocycles. The van der Waals surface area contributed by atoms with Crippen LogP contribution < -0.4 is 10.4 Å². The molecule has 0 saturated heterocycles. The number of hydrogen-bond donors (Lipinski definition) is 0. The van der Waals surface area contributed by atoms with Crippen LogP contribution in [0.4, 0.5) is 0 Å². The van der Waals surface area contributed by atoms with Gasteiger partial charge in [0.15, 0.2) is 0 Å². The molecule has 5 rings (SSSR count). The molecular formula is C25H22N4O5. The first-order valence-corrected chi connectivity index (χ1v) is 11.0. The zero-order valence-corrected chi connectivity index (χ0v) is 18.6. The molecule has 0 aliphatic carbocycles. The molecule has 0 radical (unpaired) electrons. The lowest BCUT2D eigenvalue weighted by atomic mass is 10.1. The Kier molecular flexibility index (Phi) is 5.67. The van der Waals surface area contributed by atoms with Gasteiger partial charge in [0.1, 0.15) is 23.6 Å². The molecule has 2 amide bonds. The molecule has 0 unspecified atom stereocenters. The Bertz CT molecular complexity index is 1420. The lowest BCUT2D eigenvalue weighted by Gasteiger charge is -2.13. The van der Waals surface area contributed by atoms with Gasteiger partial charge in [0, 0.05) is 30.6 Å². The van der Waals surface area contributed by atoms with Gasteiger partial charge in [0.05, 0.1) is 17.3 Å². The molecule has 0 saturated carbocycles. The molecule has 1 aliphatic rings. The number of benzene rings is 2. The van der Waals surface area contributed by atoms with Gasteiger partial charge in [0.25, 0.3) is 11.8 Å². The van der Waals surface area contributed by atoms with Gasteiger partial charge in [-0.1, -0.05) is 17.3 Å². The van der Waals surface area contributed by atoms with E-state index >= 15 is 0 Å². The topological polar surface area (TPSA) is 108 Å². The maximum absolute atomic E-state index is 12.4. The van der Waals surface area contributed by atoms with E-state index in [0.29, 0.717) is 47.7 Å². The Hall–Kier alpha value is -4.27. The van der Waals surface area contributed by atoms with Crippen molar-refractivity contribution >= 4 is 22.8 Å². The van der Waals surface area contributed by atoms with Crippen molar-refractivity contribution in [3.05, 3.63) is 87.5 Å². The zero-order chi connectivity index (χ0) is 23.7. The van der Waals surface area contributed by atoms with Gasteiger partial charge < -0.3 is 9.15 Å². The molecule has 0 spiro atoms. The van der Waals surface area contributed by atoms with E-state index in [0.717, 1.165) is 17.4 Å². The van der Waals surface area contributed by atoms with E-state index in [1.165, 1.54) is 11.0 Å². The van der Waals surface area contributed by atoms with E-state index in [1.54, 1.807) is 41.2 Å². The van der Waals surface area contributed by atoms with Gasteiger partial charge in [0.2, 0.25) is 0 Å². The Labute approximate surface area is 194 Å². The summed E-state index contributed by atoms with van der Waals surface area (Å²) in [6.45, 7) is 3.06. The predicted octanol–water partition coefficient (Wildman–Crippen LogP) is 3.35. The van der Waals surface area contributed by atoms with E-state index < -0.39 is 5.63 Å². The van der Waals surface area contributed by atoms with Crippen LogP contribution in [-0.2, 0) is 13.2 Å². The minimum Gasteiger partial charge on any atom is -0.487 e. The fourth-order valence-electron chi connectivity index (χ4n) is 4.05. The number of unbranched alkanes of at least 4 members (excludes halogenated alkanes) is 1. The molecule has 3 heterocycles. The van der Waals surface area contributed by atoms with Crippen molar-refractivity contribution in [1.29, 1.82) is 0 Å². The summed E-state index contributed by atoms with van der Waals surface area (Å²) in [5, 5.41) is 9.10. The molecule has 0 atom stereocenters. The summed E-state index contributed by atoms with van der Waals surface area (Å²) < 4.78 is 12.7. The molecular weight excluding hydrogens is 436 g/mol. The summed E-state index contributed by atoms with van der Waals surface area (Å²) in [4.78, 5) is 37.7. The molecule has 172 valence electrons. The first-order chi connectivity index (χ1) is 16.5. The normalized spacial score (nSPS) is 13.0. The van der Waals surface area contributed by atoms with E-state index in [-0.39, 0.29) is 18.4 Å². The Morgan fingerprint density at radius 3 is 2.44 bits per heavy atom. The molecule has 0 bridgehead atoms. The summed E-state index contributed by atoms with van der Waals surface area (Å²) in [5.74, 6) is 0.101. The molecule has 1 aliphatic heterocycles. The number of nitrogens with zero attached hydrogens (tertiary/aromatic N) is 4. The maximum atomic E-state index is 12.4. The second-order valence-corrected chi connectivity index (χ2v) is 8.18. The lowest BCUT2D eigenvalue weighted by Crippen LogP contribution is -2.30. The van der Waals surface area contributed by atoms with Gasteiger partial charge in [-0.3, -0.25) is 19.2 Å². The van der Waals surface area contributed by atoms with Crippen LogP contribution in [0.5, 0.6) is 5.75 Å². The van der Waals surface area contributed by atoms with Gasteiger partial charge in [-0.2, -0.15) is 0 Å². The van der Waals surface area contributed by atoms with Crippen molar-refractivity contribution in [2.45, 2.75) is 32.9 Å². The average molecular weight is 458 g/mol. The summed E-state index contributed by atoms with van der Waals surface area (Å²) >= 11 is 0. The van der Waals surface area contributed by atoms with Crippen molar-refractivity contribution in [3.63, 3.8) is 0 Å². The Morgan fingerprint density at radius 1 is 0.941 bits per heavy atom. The van der Waals surface area contributed by atoms with E-state index in [4.69, 9.17) is 9.15 Å². The molecule has 4 aromatic rings. The summed E-state index contributed by atoms with van der Waals surface area (Å²) in [5.41, 5.74) is 2.53. The third kappa shape index (κ3) is 4.19. The largest absolute Gasteiger partial charge is 0.487 e. The van der Waals surface area contributed by atoms with Crippen LogP contribution in [0.25, 0.3) is 11.0 Å². The standard InChI is InChI=1S/C25H22N4O5/c1-16-12-23(30)34-22-13-18(8-9-19(16)22)33-15-17-14-28(27-26-17)10-4-5-11-29-24(31)20-6-2-3-7-21(20)25(29)32/h2-3,6-9,12-14H,4-5,10-11,15H2,1H3. The van der Waals surface area contributed by atoms with Gasteiger partial charge in [-0.15, -0.1) is 5.10 Å². The van der Waals surface area contributed by atoms with Crippen molar-refractivity contribution < 1.29 is 18.7 Å².